The molecule has 5 nitrogen and oxygen atoms in total. The van der Waals surface area contributed by atoms with Gasteiger partial charge in [-0.15, -0.1) is 0 Å². The van der Waals surface area contributed by atoms with Crippen LogP contribution >= 0.6 is 0 Å². The molecule has 3 aromatic rings. The van der Waals surface area contributed by atoms with E-state index in [9.17, 15) is 5.26 Å². The largest absolute Gasteiger partial charge is 0.260 e. The van der Waals surface area contributed by atoms with Crippen molar-refractivity contribution in [2.24, 2.45) is 5.10 Å². The van der Waals surface area contributed by atoms with Gasteiger partial charge < -0.3 is 0 Å². The highest BCUT2D eigenvalue weighted by Gasteiger charge is 2.15. The smallest absolute Gasteiger partial charge is 0.165 e. The molecule has 0 bridgehead atoms. The first-order valence-electron chi connectivity index (χ1n) is 7.47. The minimum Gasteiger partial charge on any atom is -0.260 e. The maximum Gasteiger partial charge on any atom is 0.165 e. The molecule has 0 saturated carbocycles. The first-order chi connectivity index (χ1) is 11.9. The minimum absolute atomic E-state index is 0.460. The van der Waals surface area contributed by atoms with Gasteiger partial charge in [0.05, 0.1) is 30.4 Å². The average molecular weight is 313 g/mol. The molecule has 1 atom stereocenters. The summed E-state index contributed by atoms with van der Waals surface area (Å²) in [4.78, 5) is 8.60. The molecule has 116 valence electrons. The zero-order valence-corrected chi connectivity index (χ0v) is 12.9. The fourth-order valence-electron chi connectivity index (χ4n) is 2.24. The van der Waals surface area contributed by atoms with E-state index in [-0.39, 0.29) is 0 Å². The number of nitrogens with one attached hydrogen (secondary N) is 1. The number of nitrogens with zero attached hydrogens (tertiary/aromatic N) is 4. The van der Waals surface area contributed by atoms with E-state index >= 15 is 0 Å². The summed E-state index contributed by atoms with van der Waals surface area (Å²) in [6.07, 6.45) is 4.88. The van der Waals surface area contributed by atoms with Gasteiger partial charge in [0.15, 0.2) is 5.82 Å². The van der Waals surface area contributed by atoms with E-state index in [0.29, 0.717) is 11.5 Å². The Bertz CT molecular complexity index is 854. The summed E-state index contributed by atoms with van der Waals surface area (Å²) in [6.45, 7) is 0. The van der Waals surface area contributed by atoms with Crippen LogP contribution in [0.25, 0.3) is 0 Å². The number of aromatic nitrogens is 2. The molecule has 5 heteroatoms. The molecule has 0 aliphatic carbocycles. The van der Waals surface area contributed by atoms with Gasteiger partial charge >= 0.3 is 0 Å². The van der Waals surface area contributed by atoms with E-state index in [2.05, 4.69) is 26.6 Å². The predicted octanol–water partition coefficient (Wildman–Crippen LogP) is 3.58. The lowest BCUT2D eigenvalue weighted by Gasteiger charge is -2.09. The third-order valence-electron chi connectivity index (χ3n) is 3.40. The SMILES string of the molecule is N#CC(c1ccccc1)c1cncc(N/N=C/c2ccccc2)n1. The highest BCUT2D eigenvalue weighted by Crippen LogP contribution is 2.22. The third kappa shape index (κ3) is 3.81. The first kappa shape index (κ1) is 15.4. The monoisotopic (exact) mass is 313 g/mol. The summed E-state index contributed by atoms with van der Waals surface area (Å²) >= 11 is 0. The second-order valence-corrected chi connectivity index (χ2v) is 5.08. The molecule has 0 spiro atoms. The second-order valence-electron chi connectivity index (χ2n) is 5.08. The third-order valence-corrected chi connectivity index (χ3v) is 3.40. The van der Waals surface area contributed by atoms with Crippen molar-refractivity contribution in [3.8, 4) is 6.07 Å². The van der Waals surface area contributed by atoms with E-state index in [1.807, 2.05) is 60.7 Å². The molecular weight excluding hydrogens is 298 g/mol. The maximum atomic E-state index is 9.48. The van der Waals surface area contributed by atoms with Crippen molar-refractivity contribution in [1.82, 2.24) is 9.97 Å². The van der Waals surface area contributed by atoms with Gasteiger partial charge in [0.25, 0.3) is 0 Å². The van der Waals surface area contributed by atoms with Crippen molar-refractivity contribution in [2.75, 3.05) is 5.43 Å². The van der Waals surface area contributed by atoms with Crippen LogP contribution in [-0.4, -0.2) is 16.2 Å². The van der Waals surface area contributed by atoms with Crippen LogP contribution in [0.1, 0.15) is 22.7 Å². The van der Waals surface area contributed by atoms with Crippen LogP contribution in [0, 0.1) is 11.3 Å². The van der Waals surface area contributed by atoms with Crippen LogP contribution in [0.2, 0.25) is 0 Å². The molecule has 1 unspecified atom stereocenters. The zero-order valence-electron chi connectivity index (χ0n) is 12.9. The Morgan fingerprint density at radius 1 is 1.00 bits per heavy atom. The van der Waals surface area contributed by atoms with Gasteiger partial charge in [0.2, 0.25) is 0 Å². The molecule has 1 heterocycles. The number of nitriles is 1. The van der Waals surface area contributed by atoms with Gasteiger partial charge in [0, 0.05) is 0 Å². The molecule has 3 rings (SSSR count). The summed E-state index contributed by atoms with van der Waals surface area (Å²) in [6, 6.07) is 21.6. The number of hydrogen-bond acceptors (Lipinski definition) is 5. The van der Waals surface area contributed by atoms with Crippen molar-refractivity contribution in [1.29, 1.82) is 5.26 Å². The Labute approximate surface area is 140 Å². The van der Waals surface area contributed by atoms with Gasteiger partial charge in [-0.05, 0) is 11.1 Å². The standard InChI is InChI=1S/C19H15N5/c20-11-17(16-9-5-2-6-10-16)18-13-21-14-19(23-18)24-22-12-15-7-3-1-4-8-15/h1-10,12-14,17H,(H,23,24)/b22-12+. The lowest BCUT2D eigenvalue weighted by Crippen LogP contribution is -2.04. The van der Waals surface area contributed by atoms with Crippen LogP contribution in [-0.2, 0) is 0 Å². The highest BCUT2D eigenvalue weighted by atomic mass is 15.3. The number of hydrogen-bond donors (Lipinski definition) is 1. The Morgan fingerprint density at radius 2 is 1.71 bits per heavy atom. The molecule has 0 amide bonds. The lowest BCUT2D eigenvalue weighted by atomic mass is 9.98. The van der Waals surface area contributed by atoms with Crippen molar-refractivity contribution < 1.29 is 0 Å². The van der Waals surface area contributed by atoms with Crippen molar-refractivity contribution in [2.45, 2.75) is 5.92 Å². The summed E-state index contributed by atoms with van der Waals surface area (Å²) in [7, 11) is 0. The average Bonchev–Trinajstić information content (AvgIpc) is 2.65. The summed E-state index contributed by atoms with van der Waals surface area (Å²) in [5.74, 6) is 0.0365. The summed E-state index contributed by atoms with van der Waals surface area (Å²) < 4.78 is 0. The normalized spacial score (nSPS) is 11.8. The van der Waals surface area contributed by atoms with Crippen LogP contribution < -0.4 is 5.43 Å². The molecule has 2 aromatic carbocycles. The van der Waals surface area contributed by atoms with Gasteiger partial charge in [-0.3, -0.25) is 10.4 Å². The molecule has 1 aromatic heterocycles. The molecule has 0 saturated heterocycles. The summed E-state index contributed by atoms with van der Waals surface area (Å²) in [5.41, 5.74) is 5.31. The minimum atomic E-state index is -0.460. The number of anilines is 1. The molecular formula is C19H15N5. The Balaban J connectivity index is 1.77. The van der Waals surface area contributed by atoms with Crippen molar-refractivity contribution >= 4 is 12.0 Å². The van der Waals surface area contributed by atoms with Crippen LogP contribution in [0.5, 0.6) is 0 Å². The Hall–Kier alpha value is -3.52. The fourth-order valence-corrected chi connectivity index (χ4v) is 2.24. The fraction of sp³-hybridized carbons (Fsp3) is 0.0526. The zero-order chi connectivity index (χ0) is 16.6. The molecule has 24 heavy (non-hydrogen) atoms. The van der Waals surface area contributed by atoms with E-state index in [1.165, 1.54) is 0 Å². The first-order valence-corrected chi connectivity index (χ1v) is 7.47. The van der Waals surface area contributed by atoms with Crippen LogP contribution in [0.4, 0.5) is 5.82 Å². The molecule has 1 N–H and O–H groups in total. The lowest BCUT2D eigenvalue weighted by molar-refractivity contribution is 0.941. The van der Waals surface area contributed by atoms with Crippen LogP contribution in [0.15, 0.2) is 78.2 Å². The molecule has 0 fully saturated rings. The summed E-state index contributed by atoms with van der Waals surface area (Å²) in [5, 5.41) is 13.6. The number of hydrazone groups is 1. The van der Waals surface area contributed by atoms with E-state index in [4.69, 9.17) is 0 Å². The van der Waals surface area contributed by atoms with Gasteiger partial charge in [-0.1, -0.05) is 60.7 Å². The van der Waals surface area contributed by atoms with E-state index in [1.54, 1.807) is 18.6 Å². The Kier molecular flexibility index (Phi) is 4.91. The maximum absolute atomic E-state index is 9.48. The second kappa shape index (κ2) is 7.65. The van der Waals surface area contributed by atoms with Crippen molar-refractivity contribution in [3.63, 3.8) is 0 Å². The predicted molar refractivity (Wildman–Crippen MR) is 93.6 cm³/mol. The Morgan fingerprint density at radius 3 is 2.42 bits per heavy atom. The highest BCUT2D eigenvalue weighted by molar-refractivity contribution is 5.79. The van der Waals surface area contributed by atoms with Gasteiger partial charge in [-0.25, -0.2) is 4.98 Å². The number of rotatable bonds is 5. The van der Waals surface area contributed by atoms with Gasteiger partial charge in [0.1, 0.15) is 5.92 Å². The molecule has 0 radical (unpaired) electrons. The number of benzene rings is 2. The van der Waals surface area contributed by atoms with E-state index in [0.717, 1.165) is 11.1 Å². The topological polar surface area (TPSA) is 74.0 Å². The van der Waals surface area contributed by atoms with Crippen LogP contribution in [0.3, 0.4) is 0 Å². The quantitative estimate of drug-likeness (QED) is 0.577. The molecule has 0 aliphatic heterocycles. The van der Waals surface area contributed by atoms with E-state index < -0.39 is 5.92 Å². The van der Waals surface area contributed by atoms with Crippen molar-refractivity contribution in [3.05, 3.63) is 89.9 Å². The molecule has 0 aliphatic rings. The van der Waals surface area contributed by atoms with Gasteiger partial charge in [-0.2, -0.15) is 10.4 Å².